The van der Waals surface area contributed by atoms with E-state index >= 15 is 0 Å². The number of nitrogens with zero attached hydrogens (tertiary/aromatic N) is 2. The van der Waals surface area contributed by atoms with Gasteiger partial charge in [0.2, 0.25) is 5.95 Å². The fraction of sp³-hybridized carbons (Fsp3) is 0.154. The Morgan fingerprint density at radius 1 is 1.15 bits per heavy atom. The second kappa shape index (κ2) is 5.43. The minimum absolute atomic E-state index is 0.102. The van der Waals surface area contributed by atoms with Crippen LogP contribution in [0, 0.1) is 0 Å². The number of carbonyl (C=O) groups is 1. The number of anilines is 1. The normalized spacial score (nSPS) is 10.1. The van der Waals surface area contributed by atoms with Gasteiger partial charge < -0.3 is 20.3 Å². The van der Waals surface area contributed by atoms with Gasteiger partial charge in [0.25, 0.3) is 0 Å². The van der Waals surface area contributed by atoms with E-state index in [-0.39, 0.29) is 11.6 Å². The maximum Gasteiger partial charge on any atom is 0.354 e. The summed E-state index contributed by atoms with van der Waals surface area (Å²) in [4.78, 5) is 18.6. The molecule has 0 unspecified atom stereocenters. The molecule has 1 aromatic carbocycles. The molecule has 0 amide bonds. The van der Waals surface area contributed by atoms with Gasteiger partial charge in [0.15, 0.2) is 17.2 Å². The van der Waals surface area contributed by atoms with Crippen LogP contribution < -0.4 is 15.2 Å². The number of benzene rings is 1. The number of hydrogen-bond donors (Lipinski definition) is 2. The summed E-state index contributed by atoms with van der Waals surface area (Å²) in [5, 5.41) is 8.97. The lowest BCUT2D eigenvalue weighted by Gasteiger charge is -2.09. The molecule has 0 radical (unpaired) electrons. The minimum Gasteiger partial charge on any atom is -0.493 e. The third kappa shape index (κ3) is 2.61. The molecule has 7 heteroatoms. The summed E-state index contributed by atoms with van der Waals surface area (Å²) in [6, 6.07) is 6.47. The van der Waals surface area contributed by atoms with Crippen LogP contribution in [0.5, 0.6) is 11.5 Å². The van der Waals surface area contributed by atoms with Crippen molar-refractivity contribution in [3.05, 3.63) is 30.0 Å². The van der Waals surface area contributed by atoms with Crippen LogP contribution in [0.3, 0.4) is 0 Å². The molecular formula is C13H13N3O4. The van der Waals surface area contributed by atoms with Crippen molar-refractivity contribution in [3.8, 4) is 22.8 Å². The predicted octanol–water partition coefficient (Wildman–Crippen LogP) is 1.44. The molecule has 104 valence electrons. The molecule has 0 fully saturated rings. The van der Waals surface area contributed by atoms with E-state index in [9.17, 15) is 4.79 Å². The zero-order valence-electron chi connectivity index (χ0n) is 11.0. The fourth-order valence-electron chi connectivity index (χ4n) is 1.72. The van der Waals surface area contributed by atoms with Crippen LogP contribution in [0.15, 0.2) is 24.3 Å². The number of hydrogen-bond acceptors (Lipinski definition) is 6. The maximum absolute atomic E-state index is 11.0. The Hall–Kier alpha value is -2.83. The Labute approximate surface area is 115 Å². The zero-order valence-corrected chi connectivity index (χ0v) is 11.0. The molecule has 2 aromatic rings. The van der Waals surface area contributed by atoms with Crippen molar-refractivity contribution >= 4 is 11.9 Å². The monoisotopic (exact) mass is 275 g/mol. The average Bonchev–Trinajstić information content (AvgIpc) is 2.45. The lowest BCUT2D eigenvalue weighted by Crippen LogP contribution is -2.06. The van der Waals surface area contributed by atoms with E-state index in [2.05, 4.69) is 9.97 Å². The highest BCUT2D eigenvalue weighted by molar-refractivity contribution is 5.87. The first-order chi connectivity index (χ1) is 9.55. The third-order valence-electron chi connectivity index (χ3n) is 2.64. The van der Waals surface area contributed by atoms with Crippen molar-refractivity contribution in [2.45, 2.75) is 0 Å². The number of rotatable bonds is 4. The number of methoxy groups -OCH3 is 2. The molecule has 0 atom stereocenters. The fourth-order valence-corrected chi connectivity index (χ4v) is 1.72. The summed E-state index contributed by atoms with van der Waals surface area (Å²) in [7, 11) is 3.04. The van der Waals surface area contributed by atoms with E-state index in [0.29, 0.717) is 22.8 Å². The van der Waals surface area contributed by atoms with Gasteiger partial charge in [0, 0.05) is 5.56 Å². The quantitative estimate of drug-likeness (QED) is 0.869. The van der Waals surface area contributed by atoms with Crippen molar-refractivity contribution in [1.82, 2.24) is 9.97 Å². The molecule has 0 aliphatic heterocycles. The molecule has 3 N–H and O–H groups in total. The van der Waals surface area contributed by atoms with Gasteiger partial charge in [0.1, 0.15) is 0 Å². The number of nitrogen functional groups attached to an aromatic ring is 1. The van der Waals surface area contributed by atoms with Crippen molar-refractivity contribution in [2.24, 2.45) is 0 Å². The highest BCUT2D eigenvalue weighted by atomic mass is 16.5. The highest BCUT2D eigenvalue weighted by Crippen LogP contribution is 2.31. The van der Waals surface area contributed by atoms with E-state index in [1.807, 2.05) is 0 Å². The summed E-state index contributed by atoms with van der Waals surface area (Å²) in [5.74, 6) is -0.189. The van der Waals surface area contributed by atoms with E-state index in [1.165, 1.54) is 20.3 Å². The third-order valence-corrected chi connectivity index (χ3v) is 2.64. The summed E-state index contributed by atoms with van der Waals surface area (Å²) in [6.07, 6.45) is 0. The van der Waals surface area contributed by atoms with Gasteiger partial charge in [-0.2, -0.15) is 0 Å². The SMILES string of the molecule is COc1ccc(-c2cc(C(=O)O)nc(N)n2)cc1OC. The van der Waals surface area contributed by atoms with Gasteiger partial charge in [-0.1, -0.05) is 0 Å². The molecule has 1 aromatic heterocycles. The van der Waals surface area contributed by atoms with Crippen molar-refractivity contribution in [2.75, 3.05) is 20.0 Å². The van der Waals surface area contributed by atoms with Crippen LogP contribution in [0.25, 0.3) is 11.3 Å². The molecule has 20 heavy (non-hydrogen) atoms. The largest absolute Gasteiger partial charge is 0.493 e. The summed E-state index contributed by atoms with van der Waals surface area (Å²) in [5.41, 5.74) is 6.41. The molecule has 0 aliphatic carbocycles. The Bertz CT molecular complexity index is 658. The number of aromatic nitrogens is 2. The van der Waals surface area contributed by atoms with Gasteiger partial charge in [0.05, 0.1) is 19.9 Å². The molecule has 0 aliphatic rings. The summed E-state index contributed by atoms with van der Waals surface area (Å²) >= 11 is 0. The van der Waals surface area contributed by atoms with E-state index in [0.717, 1.165) is 0 Å². The Kier molecular flexibility index (Phi) is 3.69. The van der Waals surface area contributed by atoms with Crippen LogP contribution in [-0.2, 0) is 0 Å². The topological polar surface area (TPSA) is 108 Å². The van der Waals surface area contributed by atoms with Crippen molar-refractivity contribution < 1.29 is 19.4 Å². The van der Waals surface area contributed by atoms with Crippen LogP contribution >= 0.6 is 0 Å². The maximum atomic E-state index is 11.0. The smallest absolute Gasteiger partial charge is 0.354 e. The first kappa shape index (κ1) is 13.6. The van der Waals surface area contributed by atoms with E-state index in [1.54, 1.807) is 18.2 Å². The lowest BCUT2D eigenvalue weighted by molar-refractivity contribution is 0.0690. The van der Waals surface area contributed by atoms with Gasteiger partial charge in [-0.05, 0) is 24.3 Å². The van der Waals surface area contributed by atoms with Crippen LogP contribution in [0.1, 0.15) is 10.5 Å². The number of nitrogens with two attached hydrogens (primary N) is 1. The molecule has 0 bridgehead atoms. The standard InChI is InChI=1S/C13H13N3O4/c1-19-10-4-3-7(5-11(10)20-2)8-6-9(12(17)18)16-13(14)15-8/h3-6H,1-2H3,(H,17,18)(H2,14,15,16). The van der Waals surface area contributed by atoms with Gasteiger partial charge in [-0.15, -0.1) is 0 Å². The average molecular weight is 275 g/mol. The van der Waals surface area contributed by atoms with Crippen molar-refractivity contribution in [1.29, 1.82) is 0 Å². The molecular weight excluding hydrogens is 262 g/mol. The number of carboxylic acid groups (broad SMARTS) is 1. The van der Waals surface area contributed by atoms with Crippen LogP contribution in [0.4, 0.5) is 5.95 Å². The van der Waals surface area contributed by atoms with Crippen LogP contribution in [-0.4, -0.2) is 35.3 Å². The van der Waals surface area contributed by atoms with Gasteiger partial charge in [-0.25, -0.2) is 14.8 Å². The molecule has 2 rings (SSSR count). The molecule has 0 spiro atoms. The predicted molar refractivity (Wildman–Crippen MR) is 71.9 cm³/mol. The first-order valence-corrected chi connectivity index (χ1v) is 5.65. The lowest BCUT2D eigenvalue weighted by atomic mass is 10.1. The van der Waals surface area contributed by atoms with Gasteiger partial charge >= 0.3 is 5.97 Å². The molecule has 1 heterocycles. The van der Waals surface area contributed by atoms with E-state index < -0.39 is 5.97 Å². The van der Waals surface area contributed by atoms with Crippen LogP contribution in [0.2, 0.25) is 0 Å². The Morgan fingerprint density at radius 3 is 2.45 bits per heavy atom. The Balaban J connectivity index is 2.53. The number of aromatic carboxylic acids is 1. The van der Waals surface area contributed by atoms with Crippen molar-refractivity contribution in [3.63, 3.8) is 0 Å². The molecule has 0 saturated heterocycles. The molecule has 0 saturated carbocycles. The number of carboxylic acids is 1. The summed E-state index contributed by atoms with van der Waals surface area (Å²) < 4.78 is 10.3. The summed E-state index contributed by atoms with van der Waals surface area (Å²) in [6.45, 7) is 0. The van der Waals surface area contributed by atoms with Gasteiger partial charge in [-0.3, -0.25) is 0 Å². The minimum atomic E-state index is -1.17. The first-order valence-electron chi connectivity index (χ1n) is 5.65. The second-order valence-electron chi connectivity index (χ2n) is 3.87. The second-order valence-corrected chi connectivity index (χ2v) is 3.87. The zero-order chi connectivity index (χ0) is 14.7. The number of ether oxygens (including phenoxy) is 2. The van der Waals surface area contributed by atoms with E-state index in [4.69, 9.17) is 20.3 Å². The molecule has 7 nitrogen and oxygen atoms in total. The Morgan fingerprint density at radius 2 is 1.85 bits per heavy atom. The highest BCUT2D eigenvalue weighted by Gasteiger charge is 2.12.